The predicted octanol–water partition coefficient (Wildman–Crippen LogP) is 3.93. The van der Waals surface area contributed by atoms with Crippen LogP contribution in [0, 0.1) is 0 Å². The number of aryl methyl sites for hydroxylation is 2. The number of nitrogens with one attached hydrogen (secondary N) is 1. The SMILES string of the molecule is COC(=O)c1ccccc1C(=O)Nc1ccccc1-c1cn2c(n1)CCCC2. The van der Waals surface area contributed by atoms with Gasteiger partial charge in [0.15, 0.2) is 0 Å². The maximum absolute atomic E-state index is 12.9. The fraction of sp³-hybridized carbons (Fsp3) is 0.227. The molecule has 0 unspecified atom stereocenters. The lowest BCUT2D eigenvalue weighted by Gasteiger charge is -2.12. The van der Waals surface area contributed by atoms with Gasteiger partial charge in [0.2, 0.25) is 0 Å². The Hall–Kier alpha value is -3.41. The third-order valence-corrected chi connectivity index (χ3v) is 4.94. The quantitative estimate of drug-likeness (QED) is 0.702. The predicted molar refractivity (Wildman–Crippen MR) is 106 cm³/mol. The molecule has 4 rings (SSSR count). The van der Waals surface area contributed by atoms with E-state index in [1.807, 2.05) is 30.5 Å². The molecule has 0 saturated heterocycles. The molecule has 142 valence electrons. The lowest BCUT2D eigenvalue weighted by atomic mass is 10.1. The first-order valence-corrected chi connectivity index (χ1v) is 9.31. The molecule has 0 atom stereocenters. The number of esters is 1. The number of rotatable bonds is 4. The molecule has 1 N–H and O–H groups in total. The number of hydrogen-bond donors (Lipinski definition) is 1. The van der Waals surface area contributed by atoms with Crippen LogP contribution in [0.5, 0.6) is 0 Å². The highest BCUT2D eigenvalue weighted by Crippen LogP contribution is 2.29. The maximum atomic E-state index is 12.9. The Balaban J connectivity index is 1.66. The van der Waals surface area contributed by atoms with E-state index in [4.69, 9.17) is 9.72 Å². The summed E-state index contributed by atoms with van der Waals surface area (Å²) < 4.78 is 6.97. The smallest absolute Gasteiger partial charge is 0.338 e. The van der Waals surface area contributed by atoms with Gasteiger partial charge in [-0.3, -0.25) is 4.79 Å². The van der Waals surface area contributed by atoms with Gasteiger partial charge >= 0.3 is 5.97 Å². The summed E-state index contributed by atoms with van der Waals surface area (Å²) in [5.74, 6) is 0.177. The minimum Gasteiger partial charge on any atom is -0.465 e. The van der Waals surface area contributed by atoms with E-state index in [9.17, 15) is 9.59 Å². The summed E-state index contributed by atoms with van der Waals surface area (Å²) in [7, 11) is 1.30. The molecule has 1 amide bonds. The topological polar surface area (TPSA) is 73.2 Å². The first-order chi connectivity index (χ1) is 13.7. The van der Waals surface area contributed by atoms with E-state index in [0.717, 1.165) is 42.9 Å². The van der Waals surface area contributed by atoms with Crippen LogP contribution in [0.3, 0.4) is 0 Å². The molecule has 6 nitrogen and oxygen atoms in total. The molecular formula is C22H21N3O3. The van der Waals surface area contributed by atoms with Crippen LogP contribution in [0.15, 0.2) is 54.7 Å². The molecule has 3 aromatic rings. The van der Waals surface area contributed by atoms with Crippen molar-refractivity contribution in [2.45, 2.75) is 25.8 Å². The summed E-state index contributed by atoms with van der Waals surface area (Å²) in [5, 5.41) is 2.93. The third-order valence-electron chi connectivity index (χ3n) is 4.94. The highest BCUT2D eigenvalue weighted by Gasteiger charge is 2.19. The summed E-state index contributed by atoms with van der Waals surface area (Å²) in [5.41, 5.74) is 2.86. The summed E-state index contributed by atoms with van der Waals surface area (Å²) in [6.07, 6.45) is 5.33. The Bertz CT molecular complexity index is 1020. The van der Waals surface area contributed by atoms with Crippen molar-refractivity contribution in [1.82, 2.24) is 9.55 Å². The third kappa shape index (κ3) is 3.41. The molecule has 0 spiro atoms. The van der Waals surface area contributed by atoms with E-state index in [-0.39, 0.29) is 17.0 Å². The van der Waals surface area contributed by atoms with E-state index < -0.39 is 5.97 Å². The summed E-state index contributed by atoms with van der Waals surface area (Å²) in [6.45, 7) is 0.976. The number of para-hydroxylation sites is 1. The highest BCUT2D eigenvalue weighted by molar-refractivity contribution is 6.12. The Morgan fingerprint density at radius 2 is 1.79 bits per heavy atom. The van der Waals surface area contributed by atoms with Gasteiger partial charge in [0, 0.05) is 24.7 Å². The number of ether oxygens (including phenoxy) is 1. The summed E-state index contributed by atoms with van der Waals surface area (Å²) >= 11 is 0. The first kappa shape index (κ1) is 18.0. The van der Waals surface area contributed by atoms with Crippen LogP contribution in [-0.4, -0.2) is 28.5 Å². The molecule has 2 aromatic carbocycles. The van der Waals surface area contributed by atoms with E-state index in [0.29, 0.717) is 5.69 Å². The van der Waals surface area contributed by atoms with E-state index in [2.05, 4.69) is 9.88 Å². The van der Waals surface area contributed by atoms with Crippen LogP contribution in [0.2, 0.25) is 0 Å². The number of carbonyl (C=O) groups is 2. The second kappa shape index (κ2) is 7.68. The largest absolute Gasteiger partial charge is 0.465 e. The summed E-state index contributed by atoms with van der Waals surface area (Å²) in [6, 6.07) is 14.2. The number of nitrogens with zero attached hydrogens (tertiary/aromatic N) is 2. The number of amides is 1. The van der Waals surface area contributed by atoms with Crippen molar-refractivity contribution in [3.05, 3.63) is 71.7 Å². The standard InChI is InChI=1S/C22H21N3O3/c1-28-22(27)16-9-3-2-8-15(16)21(26)24-18-11-5-4-10-17(18)19-14-25-13-7-6-12-20(25)23-19/h2-5,8-11,14H,6-7,12-13H2,1H3,(H,24,26). The van der Waals surface area contributed by atoms with Gasteiger partial charge in [-0.05, 0) is 31.0 Å². The number of aromatic nitrogens is 2. The molecule has 6 heteroatoms. The van der Waals surface area contributed by atoms with Crippen molar-refractivity contribution >= 4 is 17.6 Å². The number of benzene rings is 2. The van der Waals surface area contributed by atoms with Crippen molar-refractivity contribution in [3.8, 4) is 11.3 Å². The number of fused-ring (bicyclic) bond motifs is 1. The van der Waals surface area contributed by atoms with E-state index in [1.165, 1.54) is 7.11 Å². The van der Waals surface area contributed by atoms with Crippen molar-refractivity contribution in [2.24, 2.45) is 0 Å². The van der Waals surface area contributed by atoms with E-state index >= 15 is 0 Å². The minimum absolute atomic E-state index is 0.234. The van der Waals surface area contributed by atoms with Crippen molar-refractivity contribution in [1.29, 1.82) is 0 Å². The molecule has 0 saturated carbocycles. The van der Waals surface area contributed by atoms with Crippen molar-refractivity contribution in [2.75, 3.05) is 12.4 Å². The van der Waals surface area contributed by atoms with Crippen LogP contribution < -0.4 is 5.32 Å². The fourth-order valence-electron chi connectivity index (χ4n) is 3.52. The molecular weight excluding hydrogens is 354 g/mol. The van der Waals surface area contributed by atoms with Gasteiger partial charge in [-0.2, -0.15) is 0 Å². The molecule has 1 aliphatic heterocycles. The average Bonchev–Trinajstić information content (AvgIpc) is 3.17. The summed E-state index contributed by atoms with van der Waals surface area (Å²) in [4.78, 5) is 29.6. The molecule has 1 aliphatic rings. The van der Waals surface area contributed by atoms with E-state index in [1.54, 1.807) is 24.3 Å². The molecule has 0 aliphatic carbocycles. The van der Waals surface area contributed by atoms with Gasteiger partial charge in [-0.15, -0.1) is 0 Å². The van der Waals surface area contributed by atoms with Crippen LogP contribution in [0.1, 0.15) is 39.4 Å². The van der Waals surface area contributed by atoms with Crippen LogP contribution in [0.4, 0.5) is 5.69 Å². The highest BCUT2D eigenvalue weighted by atomic mass is 16.5. The van der Waals surface area contributed by atoms with Gasteiger partial charge in [-0.25, -0.2) is 9.78 Å². The lowest BCUT2D eigenvalue weighted by molar-refractivity contribution is 0.0597. The number of imidazole rings is 1. The van der Waals surface area contributed by atoms with Crippen LogP contribution in [0.25, 0.3) is 11.3 Å². The number of carbonyl (C=O) groups excluding carboxylic acids is 2. The molecule has 2 heterocycles. The zero-order valence-electron chi connectivity index (χ0n) is 15.6. The number of anilines is 1. The number of hydrogen-bond acceptors (Lipinski definition) is 4. The van der Waals surface area contributed by atoms with Gasteiger partial charge in [0.25, 0.3) is 5.91 Å². The lowest BCUT2D eigenvalue weighted by Crippen LogP contribution is -2.17. The molecule has 28 heavy (non-hydrogen) atoms. The minimum atomic E-state index is -0.541. The van der Waals surface area contributed by atoms with Crippen molar-refractivity contribution < 1.29 is 14.3 Å². The Morgan fingerprint density at radius 1 is 1.04 bits per heavy atom. The normalized spacial score (nSPS) is 12.9. The fourth-order valence-corrected chi connectivity index (χ4v) is 3.52. The van der Waals surface area contributed by atoms with Gasteiger partial charge in [0.05, 0.1) is 29.6 Å². The van der Waals surface area contributed by atoms with Crippen LogP contribution >= 0.6 is 0 Å². The van der Waals surface area contributed by atoms with Gasteiger partial charge in [0.1, 0.15) is 5.82 Å². The van der Waals surface area contributed by atoms with Gasteiger partial charge in [-0.1, -0.05) is 30.3 Å². The monoisotopic (exact) mass is 375 g/mol. The second-order valence-corrected chi connectivity index (χ2v) is 6.73. The molecule has 1 aromatic heterocycles. The average molecular weight is 375 g/mol. The van der Waals surface area contributed by atoms with Gasteiger partial charge < -0.3 is 14.6 Å². The Labute approximate surface area is 163 Å². The zero-order valence-corrected chi connectivity index (χ0v) is 15.6. The molecule has 0 bridgehead atoms. The molecule has 0 fully saturated rings. The zero-order chi connectivity index (χ0) is 19.5. The van der Waals surface area contributed by atoms with Crippen LogP contribution in [-0.2, 0) is 17.7 Å². The molecule has 0 radical (unpaired) electrons. The maximum Gasteiger partial charge on any atom is 0.338 e. The second-order valence-electron chi connectivity index (χ2n) is 6.73. The Morgan fingerprint density at radius 3 is 2.57 bits per heavy atom. The van der Waals surface area contributed by atoms with Crippen molar-refractivity contribution in [3.63, 3.8) is 0 Å². The Kier molecular flexibility index (Phi) is 4.93. The first-order valence-electron chi connectivity index (χ1n) is 9.31. The number of methoxy groups -OCH3 is 1.